The van der Waals surface area contributed by atoms with E-state index >= 15 is 0 Å². The Morgan fingerprint density at radius 1 is 1.20 bits per heavy atom. The molecule has 158 valence electrons. The van der Waals surface area contributed by atoms with Crippen LogP contribution in [0.5, 0.6) is 0 Å². The molecule has 0 saturated carbocycles. The minimum atomic E-state index is -2.86. The van der Waals surface area contributed by atoms with Gasteiger partial charge >= 0.3 is 0 Å². The second-order valence-electron chi connectivity index (χ2n) is 6.77. The van der Waals surface area contributed by atoms with E-state index in [9.17, 15) is 13.6 Å². The van der Waals surface area contributed by atoms with Crippen LogP contribution < -0.4 is 0 Å². The molecule has 1 aromatic heterocycles. The molecule has 3 aromatic rings. The molecule has 1 unspecified atom stereocenters. The van der Waals surface area contributed by atoms with Gasteiger partial charge in [0.05, 0.1) is 18.7 Å². The molecule has 0 bridgehead atoms. The molecule has 30 heavy (non-hydrogen) atoms. The zero-order chi connectivity index (χ0) is 21.8. The van der Waals surface area contributed by atoms with Crippen molar-refractivity contribution in [3.05, 3.63) is 76.6 Å². The number of nitrogens with zero attached hydrogens (tertiary/aromatic N) is 3. The normalized spacial score (nSPS) is 12.2. The molecule has 1 amide bonds. The van der Waals surface area contributed by atoms with Crippen LogP contribution >= 0.6 is 11.6 Å². The molecule has 0 radical (unpaired) electrons. The molecule has 2 aromatic carbocycles. The molecular weight excluding hydrogens is 412 g/mol. The van der Waals surface area contributed by atoms with Gasteiger partial charge in [-0.15, -0.1) is 0 Å². The number of hydrogen-bond acceptors (Lipinski definition) is 3. The second kappa shape index (κ2) is 9.36. The zero-order valence-corrected chi connectivity index (χ0v) is 17.6. The number of aryl methyl sites for hydroxylation is 1. The van der Waals surface area contributed by atoms with Gasteiger partial charge in [-0.2, -0.15) is 5.10 Å². The molecule has 0 saturated heterocycles. The average molecular weight is 434 g/mol. The predicted molar refractivity (Wildman–Crippen MR) is 111 cm³/mol. The minimum Gasteiger partial charge on any atom is -0.275 e. The van der Waals surface area contributed by atoms with Crippen LogP contribution in [-0.2, 0) is 11.9 Å². The van der Waals surface area contributed by atoms with E-state index in [1.165, 1.54) is 25.0 Å². The fourth-order valence-electron chi connectivity index (χ4n) is 3.41. The smallest absolute Gasteiger partial charge is 0.275 e. The Morgan fingerprint density at radius 3 is 2.50 bits per heavy atom. The summed E-state index contributed by atoms with van der Waals surface area (Å²) in [7, 11) is 2.84. The van der Waals surface area contributed by atoms with Crippen molar-refractivity contribution in [3.8, 4) is 11.1 Å². The van der Waals surface area contributed by atoms with Crippen LogP contribution in [0.4, 0.5) is 8.78 Å². The predicted octanol–water partition coefficient (Wildman–Crippen LogP) is 5.83. The van der Waals surface area contributed by atoms with E-state index < -0.39 is 24.1 Å². The van der Waals surface area contributed by atoms with Gasteiger partial charge in [-0.3, -0.25) is 14.3 Å². The summed E-state index contributed by atoms with van der Waals surface area (Å²) in [6, 6.07) is 14.6. The fraction of sp³-hybridized carbons (Fsp3) is 0.273. The number of rotatable bonds is 7. The first-order valence-electron chi connectivity index (χ1n) is 9.41. The third-order valence-corrected chi connectivity index (χ3v) is 5.06. The Labute approximate surface area is 178 Å². The van der Waals surface area contributed by atoms with Crippen molar-refractivity contribution in [1.82, 2.24) is 14.8 Å². The maximum absolute atomic E-state index is 13.3. The number of alkyl halides is 2. The zero-order valence-electron chi connectivity index (χ0n) is 16.8. The molecule has 0 aliphatic heterocycles. The number of hydrogen-bond donors (Lipinski definition) is 0. The first kappa shape index (κ1) is 21.9. The molecule has 0 aliphatic carbocycles. The van der Waals surface area contributed by atoms with Gasteiger partial charge in [0.25, 0.3) is 12.3 Å². The summed E-state index contributed by atoms with van der Waals surface area (Å²) in [5.74, 6) is -0.662. The van der Waals surface area contributed by atoms with Crippen LogP contribution in [0.25, 0.3) is 11.1 Å². The van der Waals surface area contributed by atoms with Gasteiger partial charge in [0, 0.05) is 18.3 Å². The molecule has 1 atom stereocenters. The first-order chi connectivity index (χ1) is 14.3. The number of aromatic nitrogens is 2. The Morgan fingerprint density at radius 2 is 1.90 bits per heavy atom. The number of carbonyl (C=O) groups excluding carboxylic acids is 1. The van der Waals surface area contributed by atoms with E-state index in [2.05, 4.69) is 5.10 Å². The molecular formula is C22H22ClF2N3O2. The molecule has 1 heterocycles. The van der Waals surface area contributed by atoms with Crippen LogP contribution in [0.3, 0.4) is 0 Å². The summed E-state index contributed by atoms with van der Waals surface area (Å²) in [5.41, 5.74) is 2.00. The molecule has 8 heteroatoms. The third-order valence-electron chi connectivity index (χ3n) is 4.81. The largest absolute Gasteiger partial charge is 0.282 e. The van der Waals surface area contributed by atoms with Crippen molar-refractivity contribution in [2.24, 2.45) is 7.05 Å². The van der Waals surface area contributed by atoms with Crippen molar-refractivity contribution in [2.45, 2.75) is 25.8 Å². The summed E-state index contributed by atoms with van der Waals surface area (Å²) in [6.45, 7) is 1.90. The van der Waals surface area contributed by atoms with E-state index in [0.29, 0.717) is 11.4 Å². The summed E-state index contributed by atoms with van der Waals surface area (Å²) >= 11 is 5.97. The fourth-order valence-corrected chi connectivity index (χ4v) is 3.53. The summed E-state index contributed by atoms with van der Waals surface area (Å²) < 4.78 is 27.9. The van der Waals surface area contributed by atoms with Crippen molar-refractivity contribution in [2.75, 3.05) is 7.11 Å². The highest BCUT2D eigenvalue weighted by Crippen LogP contribution is 2.31. The number of halogens is 3. The highest BCUT2D eigenvalue weighted by atomic mass is 35.5. The van der Waals surface area contributed by atoms with Crippen LogP contribution in [0, 0.1) is 0 Å². The van der Waals surface area contributed by atoms with Gasteiger partial charge in [0.1, 0.15) is 5.69 Å². The van der Waals surface area contributed by atoms with Crippen molar-refractivity contribution < 1.29 is 18.4 Å². The van der Waals surface area contributed by atoms with Crippen LogP contribution in [0.15, 0.2) is 54.7 Å². The first-order valence-corrected chi connectivity index (χ1v) is 9.78. The lowest BCUT2D eigenvalue weighted by atomic mass is 9.97. The molecule has 0 spiro atoms. The maximum atomic E-state index is 13.3. The number of hydroxylamine groups is 2. The van der Waals surface area contributed by atoms with Gasteiger partial charge in [-0.25, -0.2) is 13.8 Å². The molecule has 0 aliphatic rings. The second-order valence-corrected chi connectivity index (χ2v) is 7.21. The molecule has 0 fully saturated rings. The van der Waals surface area contributed by atoms with Gasteiger partial charge in [-0.05, 0) is 41.3 Å². The SMILES string of the molecule is CCC(c1cccc(-c2ccc(Cl)cc2)c1)N(OC)C(=O)c1cn(C)nc1C(F)F. The molecule has 0 N–H and O–H groups in total. The van der Waals surface area contributed by atoms with E-state index in [0.717, 1.165) is 21.8 Å². The van der Waals surface area contributed by atoms with Crippen LogP contribution in [0.2, 0.25) is 5.02 Å². The van der Waals surface area contributed by atoms with Crippen LogP contribution in [-0.4, -0.2) is 27.9 Å². The van der Waals surface area contributed by atoms with Crippen molar-refractivity contribution in [3.63, 3.8) is 0 Å². The highest BCUT2D eigenvalue weighted by Gasteiger charge is 2.31. The topological polar surface area (TPSA) is 47.4 Å². The van der Waals surface area contributed by atoms with Gasteiger partial charge in [0.2, 0.25) is 0 Å². The summed E-state index contributed by atoms with van der Waals surface area (Å²) in [6.07, 6.45) is -1.06. The van der Waals surface area contributed by atoms with Crippen LogP contribution in [0.1, 0.15) is 47.4 Å². The number of carbonyl (C=O) groups is 1. The Hall–Kier alpha value is -2.77. The number of amides is 1. The summed E-state index contributed by atoms with van der Waals surface area (Å²) in [4.78, 5) is 18.4. The monoisotopic (exact) mass is 433 g/mol. The van der Waals surface area contributed by atoms with Gasteiger partial charge < -0.3 is 0 Å². The molecule has 3 rings (SSSR count). The Bertz CT molecular complexity index is 1020. The quantitative estimate of drug-likeness (QED) is 0.440. The molecule has 5 nitrogen and oxygen atoms in total. The highest BCUT2D eigenvalue weighted by molar-refractivity contribution is 6.30. The Balaban J connectivity index is 1.97. The maximum Gasteiger partial charge on any atom is 0.282 e. The lowest BCUT2D eigenvalue weighted by Crippen LogP contribution is -2.34. The Kier molecular flexibility index (Phi) is 6.84. The lowest BCUT2D eigenvalue weighted by Gasteiger charge is -2.29. The summed E-state index contributed by atoms with van der Waals surface area (Å²) in [5, 5.41) is 5.49. The third kappa shape index (κ3) is 4.52. The minimum absolute atomic E-state index is 0.179. The van der Waals surface area contributed by atoms with E-state index in [1.807, 2.05) is 43.3 Å². The van der Waals surface area contributed by atoms with E-state index in [4.69, 9.17) is 16.4 Å². The average Bonchev–Trinajstić information content (AvgIpc) is 3.14. The lowest BCUT2D eigenvalue weighted by molar-refractivity contribution is -0.125. The van der Waals surface area contributed by atoms with Gasteiger partial charge in [-0.1, -0.05) is 48.9 Å². The van der Waals surface area contributed by atoms with E-state index in [1.54, 1.807) is 12.1 Å². The van der Waals surface area contributed by atoms with Crippen molar-refractivity contribution >= 4 is 17.5 Å². The standard InChI is InChI=1S/C22H22ClF2N3O2/c1-4-19(16-7-5-6-15(12-16)14-8-10-17(23)11-9-14)28(30-3)22(29)18-13-27(2)26-20(18)21(24)25/h5-13,19,21H,4H2,1-3H3. The number of benzene rings is 2. The van der Waals surface area contributed by atoms with Gasteiger partial charge in [0.15, 0.2) is 0 Å². The van der Waals surface area contributed by atoms with Crippen molar-refractivity contribution in [1.29, 1.82) is 0 Å². The van der Waals surface area contributed by atoms with E-state index in [-0.39, 0.29) is 5.56 Å².